The van der Waals surface area contributed by atoms with Crippen molar-refractivity contribution < 1.29 is 19.1 Å². The third kappa shape index (κ3) is 5.58. The van der Waals surface area contributed by atoms with Gasteiger partial charge in [0, 0.05) is 31.1 Å². The summed E-state index contributed by atoms with van der Waals surface area (Å²) >= 11 is 0. The van der Waals surface area contributed by atoms with Crippen molar-refractivity contribution in [3.63, 3.8) is 0 Å². The minimum absolute atomic E-state index is 0.0418. The fourth-order valence-corrected chi connectivity index (χ4v) is 3.03. The second-order valence-corrected chi connectivity index (χ2v) is 6.74. The summed E-state index contributed by atoms with van der Waals surface area (Å²) in [5.41, 5.74) is 3.00. The van der Waals surface area contributed by atoms with Gasteiger partial charge in [-0.3, -0.25) is 14.4 Å². The number of esters is 1. The third-order valence-electron chi connectivity index (χ3n) is 4.76. The summed E-state index contributed by atoms with van der Waals surface area (Å²) < 4.78 is 4.82. The zero-order valence-corrected chi connectivity index (χ0v) is 15.8. The van der Waals surface area contributed by atoms with Gasteiger partial charge in [-0.1, -0.05) is 6.07 Å². The molecule has 1 aliphatic heterocycles. The molecule has 0 unspecified atom stereocenters. The molecule has 0 aliphatic carbocycles. The van der Waals surface area contributed by atoms with Gasteiger partial charge in [-0.15, -0.1) is 0 Å². The first kappa shape index (κ1) is 19.9. The maximum Gasteiger partial charge on any atom is 0.306 e. The first-order chi connectivity index (χ1) is 12.4. The summed E-state index contributed by atoms with van der Waals surface area (Å²) in [6.07, 6.45) is 1.69. The molecule has 1 aliphatic rings. The quantitative estimate of drug-likeness (QED) is 0.790. The number of hydrogen-bond donors (Lipinski definition) is 1. The van der Waals surface area contributed by atoms with E-state index in [1.54, 1.807) is 6.92 Å². The van der Waals surface area contributed by atoms with Crippen molar-refractivity contribution in [1.82, 2.24) is 10.2 Å². The van der Waals surface area contributed by atoms with Gasteiger partial charge in [-0.25, -0.2) is 0 Å². The maximum atomic E-state index is 12.6. The highest BCUT2D eigenvalue weighted by molar-refractivity contribution is 5.94. The first-order valence-corrected chi connectivity index (χ1v) is 9.22. The molecular weight excluding hydrogens is 332 g/mol. The first-order valence-electron chi connectivity index (χ1n) is 9.22. The Kier molecular flexibility index (Phi) is 7.18. The number of aryl methyl sites for hydroxylation is 2. The zero-order valence-electron chi connectivity index (χ0n) is 15.8. The van der Waals surface area contributed by atoms with Crippen LogP contribution in [0.5, 0.6) is 0 Å². The molecular formula is C20H28N2O4. The van der Waals surface area contributed by atoms with E-state index < -0.39 is 0 Å². The van der Waals surface area contributed by atoms with Crippen LogP contribution in [0.3, 0.4) is 0 Å². The van der Waals surface area contributed by atoms with Crippen molar-refractivity contribution in [2.75, 3.05) is 19.7 Å². The average molecular weight is 360 g/mol. The van der Waals surface area contributed by atoms with Crippen LogP contribution in [0.15, 0.2) is 18.2 Å². The van der Waals surface area contributed by atoms with Gasteiger partial charge in [0.25, 0.3) is 5.91 Å². The van der Waals surface area contributed by atoms with Crippen molar-refractivity contribution in [3.05, 3.63) is 34.9 Å². The topological polar surface area (TPSA) is 75.7 Å². The van der Waals surface area contributed by atoms with Gasteiger partial charge >= 0.3 is 5.97 Å². The lowest BCUT2D eigenvalue weighted by molar-refractivity contribution is -0.144. The lowest BCUT2D eigenvalue weighted by Crippen LogP contribution is -2.46. The molecule has 0 aromatic heterocycles. The van der Waals surface area contributed by atoms with Gasteiger partial charge in [-0.05, 0) is 56.9 Å². The molecule has 6 heteroatoms. The maximum absolute atomic E-state index is 12.6. The van der Waals surface area contributed by atoms with Crippen LogP contribution < -0.4 is 5.32 Å². The highest BCUT2D eigenvalue weighted by Gasteiger charge is 2.24. The molecule has 1 saturated heterocycles. The van der Waals surface area contributed by atoms with Crippen LogP contribution in [-0.4, -0.2) is 48.4 Å². The normalized spacial score (nSPS) is 14.8. The van der Waals surface area contributed by atoms with Gasteiger partial charge < -0.3 is 15.0 Å². The molecule has 1 fully saturated rings. The Bertz CT molecular complexity index is 664. The van der Waals surface area contributed by atoms with Crippen molar-refractivity contribution in [2.24, 2.45) is 0 Å². The highest BCUT2D eigenvalue weighted by Crippen LogP contribution is 2.16. The van der Waals surface area contributed by atoms with Crippen molar-refractivity contribution in [3.8, 4) is 0 Å². The van der Waals surface area contributed by atoms with E-state index >= 15 is 0 Å². The molecule has 0 radical (unpaired) electrons. The van der Waals surface area contributed by atoms with Crippen molar-refractivity contribution in [2.45, 2.75) is 52.5 Å². The Morgan fingerprint density at radius 1 is 1.12 bits per heavy atom. The van der Waals surface area contributed by atoms with Gasteiger partial charge in [0.15, 0.2) is 0 Å². The molecule has 142 valence electrons. The third-order valence-corrected chi connectivity index (χ3v) is 4.76. The van der Waals surface area contributed by atoms with Gasteiger partial charge in [0.2, 0.25) is 5.91 Å². The van der Waals surface area contributed by atoms with E-state index in [4.69, 9.17) is 4.74 Å². The fourth-order valence-electron chi connectivity index (χ4n) is 3.03. The number of hydrogen-bond acceptors (Lipinski definition) is 4. The highest BCUT2D eigenvalue weighted by atomic mass is 16.5. The van der Waals surface area contributed by atoms with E-state index in [-0.39, 0.29) is 36.7 Å². The summed E-state index contributed by atoms with van der Waals surface area (Å²) in [5, 5.41) is 2.95. The van der Waals surface area contributed by atoms with Crippen LogP contribution in [0.25, 0.3) is 0 Å². The van der Waals surface area contributed by atoms with Crippen LogP contribution >= 0.6 is 0 Å². The van der Waals surface area contributed by atoms with Gasteiger partial charge in [0.1, 0.15) is 0 Å². The molecule has 0 bridgehead atoms. The molecule has 2 rings (SSSR count). The van der Waals surface area contributed by atoms with E-state index in [0.29, 0.717) is 25.3 Å². The Hall–Kier alpha value is -2.37. The largest absolute Gasteiger partial charge is 0.466 e. The number of nitrogens with one attached hydrogen (secondary N) is 1. The van der Waals surface area contributed by atoms with Crippen LogP contribution in [0, 0.1) is 13.8 Å². The number of carbonyl (C=O) groups excluding carboxylic acids is 3. The van der Waals surface area contributed by atoms with Crippen molar-refractivity contribution in [1.29, 1.82) is 0 Å². The van der Waals surface area contributed by atoms with E-state index in [1.165, 1.54) is 5.56 Å². The van der Waals surface area contributed by atoms with E-state index in [2.05, 4.69) is 5.32 Å². The summed E-state index contributed by atoms with van der Waals surface area (Å²) in [4.78, 5) is 37.7. The van der Waals surface area contributed by atoms with Crippen LogP contribution in [0.4, 0.5) is 0 Å². The average Bonchev–Trinajstić information content (AvgIpc) is 2.62. The molecule has 26 heavy (non-hydrogen) atoms. The predicted octanol–water partition coefficient (Wildman–Crippen LogP) is 2.37. The number of ether oxygens (including phenoxy) is 1. The second-order valence-electron chi connectivity index (χ2n) is 6.74. The molecule has 1 heterocycles. The second kappa shape index (κ2) is 9.36. The zero-order chi connectivity index (χ0) is 19.1. The molecule has 1 N–H and O–H groups in total. The number of likely N-dealkylation sites (tertiary alicyclic amines) is 1. The van der Waals surface area contributed by atoms with E-state index in [9.17, 15) is 14.4 Å². The fraction of sp³-hybridized carbons (Fsp3) is 0.550. The van der Waals surface area contributed by atoms with E-state index in [1.807, 2.05) is 36.9 Å². The lowest BCUT2D eigenvalue weighted by Gasteiger charge is -2.32. The minimum Gasteiger partial charge on any atom is -0.466 e. The summed E-state index contributed by atoms with van der Waals surface area (Å²) in [6, 6.07) is 5.82. The monoisotopic (exact) mass is 360 g/mol. The predicted molar refractivity (Wildman–Crippen MR) is 98.9 cm³/mol. The summed E-state index contributed by atoms with van der Waals surface area (Å²) in [5.74, 6) is -0.450. The van der Waals surface area contributed by atoms with Crippen LogP contribution in [-0.2, 0) is 14.3 Å². The van der Waals surface area contributed by atoms with Crippen LogP contribution in [0.1, 0.15) is 54.1 Å². The Labute approximate surface area is 154 Å². The van der Waals surface area contributed by atoms with Gasteiger partial charge in [0.05, 0.1) is 13.0 Å². The molecule has 2 amide bonds. The SMILES string of the molecule is CCOC(=O)CCC(=O)NC1CCN(C(=O)c2ccc(C)c(C)c2)CC1. The van der Waals surface area contributed by atoms with Gasteiger partial charge in [-0.2, -0.15) is 0 Å². The summed E-state index contributed by atoms with van der Waals surface area (Å²) in [6.45, 7) is 7.34. The Morgan fingerprint density at radius 2 is 1.81 bits per heavy atom. The smallest absolute Gasteiger partial charge is 0.306 e. The molecule has 6 nitrogen and oxygen atoms in total. The van der Waals surface area contributed by atoms with Crippen molar-refractivity contribution >= 4 is 17.8 Å². The standard InChI is InChI=1S/C20H28N2O4/c1-4-26-19(24)8-7-18(23)21-17-9-11-22(12-10-17)20(25)16-6-5-14(2)15(3)13-16/h5-6,13,17H,4,7-12H2,1-3H3,(H,21,23). The molecule has 0 spiro atoms. The number of piperidine rings is 1. The lowest BCUT2D eigenvalue weighted by atomic mass is 10.0. The Balaban J connectivity index is 1.77. The van der Waals surface area contributed by atoms with Crippen LogP contribution in [0.2, 0.25) is 0 Å². The number of nitrogens with zero attached hydrogens (tertiary/aromatic N) is 1. The summed E-state index contributed by atoms with van der Waals surface area (Å²) in [7, 11) is 0. The molecule has 0 atom stereocenters. The Morgan fingerprint density at radius 3 is 2.42 bits per heavy atom. The number of rotatable bonds is 6. The molecule has 1 aromatic rings. The number of amides is 2. The number of benzene rings is 1. The molecule has 1 aromatic carbocycles. The minimum atomic E-state index is -0.351. The van der Waals surface area contributed by atoms with E-state index in [0.717, 1.165) is 18.4 Å². The molecule has 0 saturated carbocycles. The number of carbonyl (C=O) groups is 3.